The van der Waals surface area contributed by atoms with Crippen LogP contribution in [0.5, 0.6) is 11.5 Å². The second kappa shape index (κ2) is 5.64. The first-order valence-corrected chi connectivity index (χ1v) is 6.74. The molecule has 100 valence electrons. The van der Waals surface area contributed by atoms with Crippen molar-refractivity contribution in [3.8, 4) is 22.6 Å². The number of nitrogens with zero attached hydrogens (tertiary/aromatic N) is 1. The van der Waals surface area contributed by atoms with Gasteiger partial charge >= 0.3 is 0 Å². The monoisotopic (exact) mass is 371 g/mol. The molecular formula is C14H14INO3. The zero-order valence-corrected chi connectivity index (χ0v) is 13.1. The van der Waals surface area contributed by atoms with Gasteiger partial charge in [0.1, 0.15) is 15.1 Å². The van der Waals surface area contributed by atoms with Crippen LogP contribution in [-0.4, -0.2) is 18.8 Å². The molecule has 2 rings (SSSR count). The summed E-state index contributed by atoms with van der Waals surface area (Å²) in [5.41, 5.74) is 1.80. The predicted octanol–water partition coefficient (Wildman–Crippen LogP) is 2.67. The van der Waals surface area contributed by atoms with E-state index in [4.69, 9.17) is 9.47 Å². The van der Waals surface area contributed by atoms with Gasteiger partial charge in [0, 0.05) is 18.8 Å². The van der Waals surface area contributed by atoms with E-state index in [0.29, 0.717) is 9.32 Å². The highest BCUT2D eigenvalue weighted by Gasteiger charge is 2.14. The first-order valence-electron chi connectivity index (χ1n) is 5.66. The van der Waals surface area contributed by atoms with Crippen LogP contribution in [0.3, 0.4) is 0 Å². The summed E-state index contributed by atoms with van der Waals surface area (Å²) in [6.07, 6.45) is 1.78. The summed E-state index contributed by atoms with van der Waals surface area (Å²) < 4.78 is 12.7. The summed E-state index contributed by atoms with van der Waals surface area (Å²) in [6, 6.07) is 7.65. The minimum atomic E-state index is -0.0605. The van der Waals surface area contributed by atoms with Gasteiger partial charge in [-0.3, -0.25) is 4.79 Å². The molecule has 2 aromatic rings. The maximum atomic E-state index is 11.9. The maximum absolute atomic E-state index is 11.9. The van der Waals surface area contributed by atoms with Crippen LogP contribution in [0.4, 0.5) is 0 Å². The molecule has 0 aliphatic heterocycles. The molecule has 0 fully saturated rings. The lowest BCUT2D eigenvalue weighted by molar-refractivity contribution is 0.410. The Hall–Kier alpha value is -1.50. The molecule has 0 aliphatic carbocycles. The Labute approximate surface area is 125 Å². The number of ether oxygens (including phenoxy) is 2. The molecule has 0 saturated carbocycles. The second-order valence-electron chi connectivity index (χ2n) is 4.03. The smallest absolute Gasteiger partial charge is 0.267 e. The van der Waals surface area contributed by atoms with Crippen molar-refractivity contribution >= 4 is 22.6 Å². The first kappa shape index (κ1) is 13.9. The molecular weight excluding hydrogens is 357 g/mol. The quantitative estimate of drug-likeness (QED) is 0.779. The molecule has 0 unspecified atom stereocenters. The van der Waals surface area contributed by atoms with Crippen LogP contribution in [0.25, 0.3) is 11.1 Å². The molecule has 0 bridgehead atoms. The highest BCUT2D eigenvalue weighted by atomic mass is 127. The Balaban J connectivity index is 2.63. The van der Waals surface area contributed by atoms with Crippen LogP contribution in [0.2, 0.25) is 0 Å². The predicted molar refractivity (Wildman–Crippen MR) is 82.9 cm³/mol. The molecule has 1 aromatic carbocycles. The summed E-state index contributed by atoms with van der Waals surface area (Å²) in [7, 11) is 4.94. The van der Waals surface area contributed by atoms with Crippen LogP contribution in [0.1, 0.15) is 0 Å². The van der Waals surface area contributed by atoms with Gasteiger partial charge in [-0.05, 0) is 40.3 Å². The number of methoxy groups -OCH3 is 2. The van der Waals surface area contributed by atoms with Gasteiger partial charge in [-0.15, -0.1) is 0 Å². The van der Waals surface area contributed by atoms with Crippen LogP contribution >= 0.6 is 22.6 Å². The molecule has 0 amide bonds. The van der Waals surface area contributed by atoms with E-state index in [0.717, 1.165) is 16.9 Å². The Morgan fingerprint density at radius 3 is 2.26 bits per heavy atom. The molecule has 1 aromatic heterocycles. The van der Waals surface area contributed by atoms with Crippen LogP contribution in [0, 0.1) is 3.57 Å². The third-order valence-electron chi connectivity index (χ3n) is 2.88. The number of aromatic nitrogens is 1. The lowest BCUT2D eigenvalue weighted by Crippen LogP contribution is -2.20. The fourth-order valence-corrected chi connectivity index (χ4v) is 2.75. The van der Waals surface area contributed by atoms with Crippen LogP contribution < -0.4 is 15.0 Å². The number of aryl methyl sites for hydroxylation is 1. The van der Waals surface area contributed by atoms with E-state index < -0.39 is 0 Å². The fraction of sp³-hybridized carbons (Fsp3) is 0.214. The summed E-state index contributed by atoms with van der Waals surface area (Å²) in [5, 5.41) is 0. The highest BCUT2D eigenvalue weighted by molar-refractivity contribution is 14.1. The lowest BCUT2D eigenvalue weighted by Gasteiger charge is -2.12. The van der Waals surface area contributed by atoms with Gasteiger partial charge in [0.05, 0.1) is 14.2 Å². The van der Waals surface area contributed by atoms with Crippen LogP contribution in [0.15, 0.2) is 35.3 Å². The van der Waals surface area contributed by atoms with Crippen molar-refractivity contribution in [1.29, 1.82) is 0 Å². The highest BCUT2D eigenvalue weighted by Crippen LogP contribution is 2.32. The van der Waals surface area contributed by atoms with E-state index in [1.165, 1.54) is 0 Å². The van der Waals surface area contributed by atoms with Crippen molar-refractivity contribution in [2.24, 2.45) is 7.05 Å². The summed E-state index contributed by atoms with van der Waals surface area (Å²) in [6.45, 7) is 0. The van der Waals surface area contributed by atoms with Crippen molar-refractivity contribution in [1.82, 2.24) is 4.57 Å². The van der Waals surface area contributed by atoms with Gasteiger partial charge in [-0.25, -0.2) is 0 Å². The van der Waals surface area contributed by atoms with Crippen molar-refractivity contribution in [2.75, 3.05) is 14.2 Å². The Morgan fingerprint density at radius 1 is 1.11 bits per heavy atom. The van der Waals surface area contributed by atoms with E-state index >= 15 is 0 Å². The molecule has 1 heterocycles. The minimum absolute atomic E-state index is 0.0605. The summed E-state index contributed by atoms with van der Waals surface area (Å²) in [4.78, 5) is 11.9. The van der Waals surface area contributed by atoms with Crippen molar-refractivity contribution in [3.05, 3.63) is 44.4 Å². The largest absolute Gasteiger partial charge is 0.497 e. The SMILES string of the molecule is COc1ccc(-c2cn(C)c(=O)c(I)c2OC)cc1. The number of halogens is 1. The number of benzene rings is 1. The average Bonchev–Trinajstić information content (AvgIpc) is 2.44. The number of hydrogen-bond acceptors (Lipinski definition) is 3. The van der Waals surface area contributed by atoms with E-state index in [2.05, 4.69) is 0 Å². The van der Waals surface area contributed by atoms with Gasteiger partial charge in [-0.1, -0.05) is 12.1 Å². The third kappa shape index (κ3) is 2.60. The summed E-state index contributed by atoms with van der Waals surface area (Å²) in [5.74, 6) is 1.40. The number of hydrogen-bond donors (Lipinski definition) is 0. The average molecular weight is 371 g/mol. The van der Waals surface area contributed by atoms with Gasteiger partial charge < -0.3 is 14.0 Å². The van der Waals surface area contributed by atoms with E-state index in [-0.39, 0.29) is 5.56 Å². The standard InChI is InChI=1S/C14H14INO3/c1-16-8-11(13(19-3)12(15)14(16)17)9-4-6-10(18-2)7-5-9/h4-8H,1-3H3. The Kier molecular flexibility index (Phi) is 4.14. The van der Waals surface area contributed by atoms with Crippen LogP contribution in [-0.2, 0) is 7.05 Å². The Morgan fingerprint density at radius 2 is 1.74 bits per heavy atom. The van der Waals surface area contributed by atoms with E-state index in [1.54, 1.807) is 32.0 Å². The molecule has 0 radical (unpaired) electrons. The number of pyridine rings is 1. The molecule has 0 spiro atoms. The number of rotatable bonds is 3. The van der Waals surface area contributed by atoms with Crippen molar-refractivity contribution in [3.63, 3.8) is 0 Å². The van der Waals surface area contributed by atoms with E-state index in [1.807, 2.05) is 46.9 Å². The lowest BCUT2D eigenvalue weighted by atomic mass is 10.1. The topological polar surface area (TPSA) is 40.5 Å². The molecule has 0 atom stereocenters. The Bertz CT molecular complexity index is 647. The van der Waals surface area contributed by atoms with Crippen molar-refractivity contribution < 1.29 is 9.47 Å². The van der Waals surface area contributed by atoms with Gasteiger partial charge in [-0.2, -0.15) is 0 Å². The van der Waals surface area contributed by atoms with Gasteiger partial charge in [0.25, 0.3) is 5.56 Å². The van der Waals surface area contributed by atoms with Crippen molar-refractivity contribution in [2.45, 2.75) is 0 Å². The second-order valence-corrected chi connectivity index (χ2v) is 5.11. The molecule has 19 heavy (non-hydrogen) atoms. The van der Waals surface area contributed by atoms with E-state index in [9.17, 15) is 4.79 Å². The molecule has 0 aliphatic rings. The first-order chi connectivity index (χ1) is 9.08. The minimum Gasteiger partial charge on any atom is -0.497 e. The zero-order valence-electron chi connectivity index (χ0n) is 10.9. The molecule has 0 N–H and O–H groups in total. The molecule has 5 heteroatoms. The normalized spacial score (nSPS) is 10.3. The fourth-order valence-electron chi connectivity index (χ4n) is 1.86. The van der Waals surface area contributed by atoms with Gasteiger partial charge in [0.15, 0.2) is 0 Å². The summed E-state index contributed by atoms with van der Waals surface area (Å²) >= 11 is 2.01. The molecule has 0 saturated heterocycles. The van der Waals surface area contributed by atoms with Gasteiger partial charge in [0.2, 0.25) is 0 Å². The third-order valence-corrected chi connectivity index (χ3v) is 3.83. The zero-order chi connectivity index (χ0) is 14.0. The molecule has 4 nitrogen and oxygen atoms in total. The maximum Gasteiger partial charge on any atom is 0.267 e.